The van der Waals surface area contributed by atoms with E-state index in [1.807, 2.05) is 29.1 Å². The van der Waals surface area contributed by atoms with Gasteiger partial charge in [0.25, 0.3) is 0 Å². The Morgan fingerprint density at radius 1 is 1.28 bits per heavy atom. The van der Waals surface area contributed by atoms with Crippen LogP contribution in [0.5, 0.6) is 0 Å². The number of hydrogen-bond acceptors (Lipinski definition) is 4. The number of nitrogens with one attached hydrogen (secondary N) is 2. The number of rotatable bonds is 7. The highest BCUT2D eigenvalue weighted by Crippen LogP contribution is 2.29. The van der Waals surface area contributed by atoms with Crippen LogP contribution in [0, 0.1) is 5.41 Å². The van der Waals surface area contributed by atoms with Gasteiger partial charge in [-0.15, -0.1) is 0 Å². The molecule has 0 spiro atoms. The molecule has 6 heteroatoms. The van der Waals surface area contributed by atoms with Gasteiger partial charge in [-0.05, 0) is 43.1 Å². The molecule has 0 radical (unpaired) electrons. The summed E-state index contributed by atoms with van der Waals surface area (Å²) in [7, 11) is 1.66. The number of hydrogen-bond donors (Lipinski definition) is 2. The van der Waals surface area contributed by atoms with Crippen LogP contribution in [0.4, 0.5) is 0 Å². The van der Waals surface area contributed by atoms with Crippen molar-refractivity contribution in [3.8, 4) is 0 Å². The molecule has 0 aliphatic carbocycles. The highest BCUT2D eigenvalue weighted by atomic mass is 16.5. The van der Waals surface area contributed by atoms with Gasteiger partial charge >= 0.3 is 0 Å². The number of piperidine rings is 1. The van der Waals surface area contributed by atoms with Crippen molar-refractivity contribution in [1.29, 1.82) is 0 Å². The summed E-state index contributed by atoms with van der Waals surface area (Å²) in [5, 5.41) is 10.7. The highest BCUT2D eigenvalue weighted by Gasteiger charge is 2.39. The maximum absolute atomic E-state index is 12.9. The first-order chi connectivity index (χ1) is 12.2. The first-order valence-corrected chi connectivity index (χ1v) is 8.76. The lowest BCUT2D eigenvalue weighted by Gasteiger charge is -2.35. The minimum absolute atomic E-state index is 0.0877. The largest absolute Gasteiger partial charge is 0.384 e. The van der Waals surface area contributed by atoms with E-state index < -0.39 is 5.41 Å². The summed E-state index contributed by atoms with van der Waals surface area (Å²) in [5.74, 6) is 0.0877. The monoisotopic (exact) mass is 342 g/mol. The molecule has 0 atom stereocenters. The Hall–Kier alpha value is -2.18. The minimum atomic E-state index is -0.420. The fraction of sp³-hybridized carbons (Fsp3) is 0.474. The van der Waals surface area contributed by atoms with Gasteiger partial charge in [0.05, 0.1) is 18.6 Å². The third-order valence-electron chi connectivity index (χ3n) is 4.91. The van der Waals surface area contributed by atoms with E-state index in [0.717, 1.165) is 37.1 Å². The molecule has 2 N–H and O–H groups in total. The van der Waals surface area contributed by atoms with Gasteiger partial charge in [-0.3, -0.25) is 9.48 Å². The lowest BCUT2D eigenvalue weighted by Crippen LogP contribution is -2.50. The molecule has 1 fully saturated rings. The Bertz CT molecular complexity index is 673. The maximum atomic E-state index is 12.9. The summed E-state index contributed by atoms with van der Waals surface area (Å²) in [6.07, 6.45) is 5.33. The average Bonchev–Trinajstić information content (AvgIpc) is 3.15. The van der Waals surface area contributed by atoms with Crippen LogP contribution in [0.25, 0.3) is 0 Å². The molecule has 1 aliphatic rings. The molecule has 1 amide bonds. The number of carbonyl (C=O) groups is 1. The molecule has 0 saturated carbocycles. The predicted octanol–water partition coefficient (Wildman–Crippen LogP) is 1.56. The van der Waals surface area contributed by atoms with E-state index in [2.05, 4.69) is 27.9 Å². The molecule has 1 aromatic carbocycles. The van der Waals surface area contributed by atoms with E-state index in [-0.39, 0.29) is 5.91 Å². The van der Waals surface area contributed by atoms with E-state index in [4.69, 9.17) is 4.74 Å². The Kier molecular flexibility index (Phi) is 5.83. The average molecular weight is 342 g/mol. The van der Waals surface area contributed by atoms with Crippen LogP contribution in [0.1, 0.15) is 24.0 Å². The number of amides is 1. The maximum Gasteiger partial charge on any atom is 0.228 e. The van der Waals surface area contributed by atoms with E-state index in [9.17, 15) is 4.79 Å². The van der Waals surface area contributed by atoms with Gasteiger partial charge in [-0.25, -0.2) is 0 Å². The van der Waals surface area contributed by atoms with Crippen molar-refractivity contribution in [1.82, 2.24) is 20.4 Å². The molecule has 134 valence electrons. The first-order valence-electron chi connectivity index (χ1n) is 8.76. The van der Waals surface area contributed by atoms with Gasteiger partial charge in [0, 0.05) is 26.0 Å². The summed E-state index contributed by atoms with van der Waals surface area (Å²) in [6.45, 7) is 3.40. The Labute approximate surface area is 148 Å². The molecule has 1 aliphatic heterocycles. The molecular formula is C19H26N4O2. The third kappa shape index (κ3) is 4.27. The van der Waals surface area contributed by atoms with Crippen molar-refractivity contribution in [2.24, 2.45) is 5.41 Å². The lowest BCUT2D eigenvalue weighted by atomic mass is 9.78. The van der Waals surface area contributed by atoms with Crippen molar-refractivity contribution in [2.45, 2.75) is 25.9 Å². The third-order valence-corrected chi connectivity index (χ3v) is 4.91. The van der Waals surface area contributed by atoms with Crippen molar-refractivity contribution in [2.75, 3.05) is 26.8 Å². The van der Waals surface area contributed by atoms with Gasteiger partial charge < -0.3 is 15.4 Å². The smallest absolute Gasteiger partial charge is 0.228 e. The molecule has 6 nitrogen and oxygen atoms in total. The van der Waals surface area contributed by atoms with Crippen LogP contribution in [0.2, 0.25) is 0 Å². The van der Waals surface area contributed by atoms with Crippen LogP contribution in [0.15, 0.2) is 42.7 Å². The van der Waals surface area contributed by atoms with Gasteiger partial charge in [0.2, 0.25) is 5.91 Å². The molecule has 25 heavy (non-hydrogen) atoms. The Morgan fingerprint density at radius 3 is 2.72 bits per heavy atom. The van der Waals surface area contributed by atoms with Crippen molar-refractivity contribution >= 4 is 5.91 Å². The van der Waals surface area contributed by atoms with E-state index >= 15 is 0 Å². The first kappa shape index (κ1) is 17.6. The van der Waals surface area contributed by atoms with Crippen LogP contribution < -0.4 is 10.6 Å². The second kappa shape index (κ2) is 8.27. The molecule has 2 heterocycles. The van der Waals surface area contributed by atoms with Gasteiger partial charge in [-0.2, -0.15) is 5.10 Å². The number of methoxy groups -OCH3 is 1. The molecular weight excluding hydrogens is 316 g/mol. The van der Waals surface area contributed by atoms with Crippen LogP contribution in [-0.4, -0.2) is 42.5 Å². The summed E-state index contributed by atoms with van der Waals surface area (Å²) in [5.41, 5.74) is 1.86. The van der Waals surface area contributed by atoms with Crippen molar-refractivity contribution < 1.29 is 9.53 Å². The molecule has 2 aromatic rings. The quantitative estimate of drug-likeness (QED) is 0.801. The molecule has 0 bridgehead atoms. The van der Waals surface area contributed by atoms with Crippen LogP contribution >= 0.6 is 0 Å². The van der Waals surface area contributed by atoms with E-state index in [1.54, 1.807) is 13.3 Å². The highest BCUT2D eigenvalue weighted by molar-refractivity contribution is 5.83. The minimum Gasteiger partial charge on any atom is -0.384 e. The fourth-order valence-electron chi connectivity index (χ4n) is 3.43. The van der Waals surface area contributed by atoms with Crippen molar-refractivity contribution in [3.05, 3.63) is 53.9 Å². The SMILES string of the molecule is COCC1(C(=O)NCc2ccccc2Cn2cccn2)CCNCC1. The number of benzene rings is 1. The van der Waals surface area contributed by atoms with E-state index in [0.29, 0.717) is 19.7 Å². The summed E-state index contributed by atoms with van der Waals surface area (Å²) in [4.78, 5) is 12.9. The Balaban J connectivity index is 1.67. The summed E-state index contributed by atoms with van der Waals surface area (Å²) >= 11 is 0. The Morgan fingerprint density at radius 2 is 2.04 bits per heavy atom. The fourth-order valence-corrected chi connectivity index (χ4v) is 3.43. The molecule has 1 aromatic heterocycles. The summed E-state index contributed by atoms with van der Waals surface area (Å²) < 4.78 is 7.24. The van der Waals surface area contributed by atoms with Gasteiger partial charge in [-0.1, -0.05) is 24.3 Å². The second-order valence-corrected chi connectivity index (χ2v) is 6.62. The predicted molar refractivity (Wildman–Crippen MR) is 96.0 cm³/mol. The zero-order valence-corrected chi connectivity index (χ0v) is 14.7. The number of carbonyl (C=O) groups excluding carboxylic acids is 1. The van der Waals surface area contributed by atoms with Gasteiger partial charge in [0.15, 0.2) is 0 Å². The topological polar surface area (TPSA) is 68.2 Å². The van der Waals surface area contributed by atoms with Crippen LogP contribution in [0.3, 0.4) is 0 Å². The zero-order valence-electron chi connectivity index (χ0n) is 14.7. The number of ether oxygens (including phenoxy) is 1. The molecule has 1 saturated heterocycles. The second-order valence-electron chi connectivity index (χ2n) is 6.62. The summed E-state index contributed by atoms with van der Waals surface area (Å²) in [6, 6.07) is 10.1. The number of nitrogens with zero attached hydrogens (tertiary/aromatic N) is 2. The normalized spacial score (nSPS) is 16.5. The zero-order chi connectivity index (χ0) is 17.5. The lowest BCUT2D eigenvalue weighted by molar-refractivity contribution is -0.136. The van der Waals surface area contributed by atoms with E-state index in [1.165, 1.54) is 0 Å². The molecule has 3 rings (SSSR count). The number of aromatic nitrogens is 2. The van der Waals surface area contributed by atoms with Crippen molar-refractivity contribution in [3.63, 3.8) is 0 Å². The van der Waals surface area contributed by atoms with Crippen LogP contribution in [-0.2, 0) is 22.6 Å². The standard InChI is InChI=1S/C19H26N4O2/c1-25-15-19(7-10-20-11-8-19)18(24)21-13-16-5-2-3-6-17(16)14-23-12-4-9-22-23/h2-6,9,12,20H,7-8,10-11,13-15H2,1H3,(H,21,24). The molecule has 0 unspecified atom stereocenters. The van der Waals surface area contributed by atoms with Gasteiger partial charge in [0.1, 0.15) is 0 Å².